The molecule has 0 aliphatic heterocycles. The SMILES string of the molecule is O=C(NC(Cc1cnc[nH]1)C(=O)O)c1c[nH]c2cc(Br)ccc12. The summed E-state index contributed by atoms with van der Waals surface area (Å²) in [5.74, 6) is -1.54. The number of carbonyl (C=O) groups excluding carboxylic acids is 1. The van der Waals surface area contributed by atoms with Crippen molar-refractivity contribution in [3.8, 4) is 0 Å². The molecule has 3 rings (SSSR count). The van der Waals surface area contributed by atoms with Gasteiger partial charge < -0.3 is 20.4 Å². The van der Waals surface area contributed by atoms with Gasteiger partial charge in [0.25, 0.3) is 5.91 Å². The predicted molar refractivity (Wildman–Crippen MR) is 87.2 cm³/mol. The number of fused-ring (bicyclic) bond motifs is 1. The van der Waals surface area contributed by atoms with Crippen molar-refractivity contribution in [2.24, 2.45) is 0 Å². The summed E-state index contributed by atoms with van der Waals surface area (Å²) in [7, 11) is 0. The number of hydrogen-bond donors (Lipinski definition) is 4. The molecule has 7 nitrogen and oxygen atoms in total. The molecule has 0 aliphatic carbocycles. The van der Waals surface area contributed by atoms with E-state index >= 15 is 0 Å². The molecule has 118 valence electrons. The van der Waals surface area contributed by atoms with Gasteiger partial charge in [0.2, 0.25) is 0 Å². The molecule has 0 saturated heterocycles. The Morgan fingerprint density at radius 1 is 1.35 bits per heavy atom. The molecule has 1 atom stereocenters. The molecule has 0 bridgehead atoms. The molecular weight excluding hydrogens is 364 g/mol. The summed E-state index contributed by atoms with van der Waals surface area (Å²) in [5.41, 5.74) is 1.84. The zero-order valence-electron chi connectivity index (χ0n) is 11.8. The van der Waals surface area contributed by atoms with E-state index in [1.54, 1.807) is 12.3 Å². The number of nitrogens with zero attached hydrogens (tertiary/aromatic N) is 1. The number of aromatic nitrogens is 3. The first-order valence-corrected chi connectivity index (χ1v) is 7.61. The Morgan fingerprint density at radius 3 is 2.87 bits per heavy atom. The van der Waals surface area contributed by atoms with E-state index in [-0.39, 0.29) is 6.42 Å². The molecule has 0 radical (unpaired) electrons. The number of hydrogen-bond acceptors (Lipinski definition) is 3. The number of H-pyrrole nitrogens is 2. The zero-order valence-corrected chi connectivity index (χ0v) is 13.4. The first-order valence-electron chi connectivity index (χ1n) is 6.82. The molecule has 0 fully saturated rings. The van der Waals surface area contributed by atoms with Crippen LogP contribution in [0.15, 0.2) is 41.4 Å². The highest BCUT2D eigenvalue weighted by molar-refractivity contribution is 9.10. The Morgan fingerprint density at radius 2 is 2.17 bits per heavy atom. The van der Waals surface area contributed by atoms with E-state index in [9.17, 15) is 14.7 Å². The second-order valence-corrected chi connectivity index (χ2v) is 5.95. The lowest BCUT2D eigenvalue weighted by molar-refractivity contribution is -0.139. The average Bonchev–Trinajstić information content (AvgIpc) is 3.14. The highest BCUT2D eigenvalue weighted by Gasteiger charge is 2.23. The number of rotatable bonds is 5. The van der Waals surface area contributed by atoms with E-state index in [1.807, 2.05) is 12.1 Å². The number of imidazole rings is 1. The van der Waals surface area contributed by atoms with E-state index < -0.39 is 17.9 Å². The molecule has 23 heavy (non-hydrogen) atoms. The number of amides is 1. The summed E-state index contributed by atoms with van der Waals surface area (Å²) >= 11 is 3.36. The van der Waals surface area contributed by atoms with Gasteiger partial charge in [0, 0.05) is 39.9 Å². The monoisotopic (exact) mass is 376 g/mol. The van der Waals surface area contributed by atoms with E-state index in [0.29, 0.717) is 11.3 Å². The number of carboxylic acids is 1. The zero-order chi connectivity index (χ0) is 16.4. The molecule has 1 amide bonds. The Hall–Kier alpha value is -2.61. The van der Waals surface area contributed by atoms with Crippen molar-refractivity contribution in [3.63, 3.8) is 0 Å². The molecular formula is C15H13BrN4O3. The van der Waals surface area contributed by atoms with Crippen molar-refractivity contribution in [2.75, 3.05) is 0 Å². The number of aliphatic carboxylic acids is 1. The minimum absolute atomic E-state index is 0.134. The standard InChI is InChI=1S/C15H13BrN4O3/c16-8-1-2-10-11(6-18-12(10)3-8)14(21)20-13(15(22)23)4-9-5-17-7-19-9/h1-3,5-7,13,18H,4H2,(H,17,19)(H,20,21)(H,22,23). The number of aromatic amines is 2. The quantitative estimate of drug-likeness (QED) is 0.546. The van der Waals surface area contributed by atoms with Gasteiger partial charge in [-0.15, -0.1) is 0 Å². The van der Waals surface area contributed by atoms with Gasteiger partial charge in [0.1, 0.15) is 6.04 Å². The van der Waals surface area contributed by atoms with Crippen LogP contribution < -0.4 is 5.32 Å². The fourth-order valence-electron chi connectivity index (χ4n) is 2.34. The van der Waals surface area contributed by atoms with Gasteiger partial charge >= 0.3 is 5.97 Å². The summed E-state index contributed by atoms with van der Waals surface area (Å²) in [6, 6.07) is 4.44. The second-order valence-electron chi connectivity index (χ2n) is 5.04. The van der Waals surface area contributed by atoms with Crippen molar-refractivity contribution in [2.45, 2.75) is 12.5 Å². The molecule has 1 unspecified atom stereocenters. The van der Waals surface area contributed by atoms with E-state index in [1.165, 1.54) is 12.5 Å². The van der Waals surface area contributed by atoms with E-state index in [2.05, 4.69) is 36.2 Å². The van der Waals surface area contributed by atoms with Crippen LogP contribution in [0.25, 0.3) is 10.9 Å². The smallest absolute Gasteiger partial charge is 0.326 e. The Balaban J connectivity index is 1.81. The lowest BCUT2D eigenvalue weighted by Gasteiger charge is -2.13. The van der Waals surface area contributed by atoms with Gasteiger partial charge in [-0.3, -0.25) is 4.79 Å². The molecule has 0 aliphatic rings. The van der Waals surface area contributed by atoms with E-state index in [4.69, 9.17) is 0 Å². The highest BCUT2D eigenvalue weighted by Crippen LogP contribution is 2.22. The second kappa shape index (κ2) is 6.25. The minimum atomic E-state index is -1.10. The Bertz CT molecular complexity index is 857. The molecule has 4 N–H and O–H groups in total. The van der Waals surface area contributed by atoms with Crippen molar-refractivity contribution < 1.29 is 14.7 Å². The third-order valence-corrected chi connectivity index (χ3v) is 3.96. The summed E-state index contributed by atoms with van der Waals surface area (Å²) in [4.78, 5) is 33.5. The number of benzene rings is 1. The topological polar surface area (TPSA) is 111 Å². The molecule has 3 aromatic rings. The first kappa shape index (κ1) is 15.3. The predicted octanol–water partition coefficient (Wildman–Crippen LogP) is 2.08. The van der Waals surface area contributed by atoms with Gasteiger partial charge in [-0.2, -0.15) is 0 Å². The number of carboxylic acid groups (broad SMARTS) is 1. The van der Waals surface area contributed by atoms with Gasteiger partial charge in [-0.1, -0.05) is 22.0 Å². The largest absolute Gasteiger partial charge is 0.480 e. The van der Waals surface area contributed by atoms with Crippen LogP contribution in [0.1, 0.15) is 16.1 Å². The van der Waals surface area contributed by atoms with Gasteiger partial charge in [-0.25, -0.2) is 9.78 Å². The maximum atomic E-state index is 12.4. The van der Waals surface area contributed by atoms with Crippen molar-refractivity contribution in [3.05, 3.63) is 52.7 Å². The molecule has 1 aromatic carbocycles. The lowest BCUT2D eigenvalue weighted by Crippen LogP contribution is -2.42. The van der Waals surface area contributed by atoms with Crippen LogP contribution in [0, 0.1) is 0 Å². The fraction of sp³-hybridized carbons (Fsp3) is 0.133. The Labute approximate surface area is 139 Å². The van der Waals surface area contributed by atoms with Crippen molar-refractivity contribution in [1.29, 1.82) is 0 Å². The molecule has 2 aromatic heterocycles. The van der Waals surface area contributed by atoms with Crippen LogP contribution >= 0.6 is 15.9 Å². The summed E-state index contributed by atoms with van der Waals surface area (Å²) < 4.78 is 0.890. The van der Waals surface area contributed by atoms with Crippen LogP contribution in [-0.2, 0) is 11.2 Å². The van der Waals surface area contributed by atoms with E-state index in [0.717, 1.165) is 15.4 Å². The molecule has 8 heteroatoms. The van der Waals surface area contributed by atoms with Crippen LogP contribution in [-0.4, -0.2) is 38.0 Å². The maximum absolute atomic E-state index is 12.4. The fourth-order valence-corrected chi connectivity index (χ4v) is 2.70. The normalized spacial score (nSPS) is 12.2. The average molecular weight is 377 g/mol. The van der Waals surface area contributed by atoms with Crippen molar-refractivity contribution >= 4 is 38.7 Å². The number of nitrogens with one attached hydrogen (secondary N) is 3. The van der Waals surface area contributed by atoms with Crippen molar-refractivity contribution in [1.82, 2.24) is 20.3 Å². The van der Waals surface area contributed by atoms with Gasteiger partial charge in [-0.05, 0) is 12.1 Å². The van der Waals surface area contributed by atoms with Crippen LogP contribution in [0.4, 0.5) is 0 Å². The molecule has 0 saturated carbocycles. The number of carbonyl (C=O) groups is 2. The molecule has 0 spiro atoms. The highest BCUT2D eigenvalue weighted by atomic mass is 79.9. The summed E-state index contributed by atoms with van der Waals surface area (Å²) in [6.45, 7) is 0. The lowest BCUT2D eigenvalue weighted by atomic mass is 10.1. The molecule has 2 heterocycles. The first-order chi connectivity index (χ1) is 11.0. The number of halogens is 1. The van der Waals surface area contributed by atoms with Gasteiger partial charge in [0.05, 0.1) is 11.9 Å². The van der Waals surface area contributed by atoms with Crippen LogP contribution in [0.5, 0.6) is 0 Å². The van der Waals surface area contributed by atoms with Crippen LogP contribution in [0.3, 0.4) is 0 Å². The third kappa shape index (κ3) is 3.26. The summed E-state index contributed by atoms with van der Waals surface area (Å²) in [6.07, 6.45) is 4.70. The van der Waals surface area contributed by atoms with Crippen LogP contribution in [0.2, 0.25) is 0 Å². The minimum Gasteiger partial charge on any atom is -0.480 e. The third-order valence-electron chi connectivity index (χ3n) is 3.47. The summed E-state index contributed by atoms with van der Waals surface area (Å²) in [5, 5.41) is 12.6. The Kier molecular flexibility index (Phi) is 4.16. The van der Waals surface area contributed by atoms with Gasteiger partial charge in [0.15, 0.2) is 0 Å². The maximum Gasteiger partial charge on any atom is 0.326 e.